The first-order valence-electron chi connectivity index (χ1n) is 9.45. The number of halogens is 3. The predicted molar refractivity (Wildman–Crippen MR) is 113 cm³/mol. The Morgan fingerprint density at radius 3 is 1.92 bits per heavy atom. The van der Waals surface area contributed by atoms with Gasteiger partial charge in [0.25, 0.3) is 0 Å². The van der Waals surface area contributed by atoms with E-state index in [0.29, 0.717) is 0 Å². The maximum Gasteiger partial charge on any atom is 0.123 e. The Bertz CT molecular complexity index is 388. The van der Waals surface area contributed by atoms with E-state index in [4.69, 9.17) is 5.73 Å². The van der Waals surface area contributed by atoms with Crippen molar-refractivity contribution in [1.29, 1.82) is 0 Å². The average molecular weight is 395 g/mol. The molecule has 1 rings (SSSR count). The van der Waals surface area contributed by atoms with E-state index in [2.05, 4.69) is 12.2 Å². The number of unbranched alkanes of at least 4 members (excludes halogenated alkanes) is 8. The third-order valence-electron chi connectivity index (χ3n) is 4.39. The van der Waals surface area contributed by atoms with Crippen LogP contribution in [0, 0.1) is 5.82 Å². The van der Waals surface area contributed by atoms with Gasteiger partial charge in [-0.25, -0.2) is 4.39 Å². The molecule has 0 spiro atoms. The largest absolute Gasteiger partial charge is 0.324 e. The Hall–Kier alpha value is -0.350. The lowest BCUT2D eigenvalue weighted by Gasteiger charge is -2.12. The maximum atomic E-state index is 12.9. The zero-order valence-electron chi connectivity index (χ0n) is 15.6. The second kappa shape index (κ2) is 18.4. The Labute approximate surface area is 166 Å². The molecule has 0 radical (unpaired) electrons. The van der Waals surface area contributed by atoms with Gasteiger partial charge >= 0.3 is 0 Å². The van der Waals surface area contributed by atoms with Crippen LogP contribution < -0.4 is 11.1 Å². The van der Waals surface area contributed by atoms with Crippen LogP contribution in [0.3, 0.4) is 0 Å². The first kappa shape index (κ1) is 26.9. The highest BCUT2D eigenvalue weighted by molar-refractivity contribution is 5.85. The first-order valence-corrected chi connectivity index (χ1v) is 9.45. The molecule has 1 unspecified atom stereocenters. The van der Waals surface area contributed by atoms with Crippen LogP contribution >= 0.6 is 24.8 Å². The van der Waals surface area contributed by atoms with Crippen molar-refractivity contribution in [3.8, 4) is 0 Å². The molecule has 0 fully saturated rings. The molecule has 0 amide bonds. The summed E-state index contributed by atoms with van der Waals surface area (Å²) in [4.78, 5) is 0. The van der Waals surface area contributed by atoms with Crippen molar-refractivity contribution in [3.63, 3.8) is 0 Å². The summed E-state index contributed by atoms with van der Waals surface area (Å²) in [6.45, 7) is 4.26. The van der Waals surface area contributed by atoms with Gasteiger partial charge in [-0.1, -0.05) is 70.4 Å². The lowest BCUT2D eigenvalue weighted by molar-refractivity contribution is 0.532. The van der Waals surface area contributed by atoms with Gasteiger partial charge in [0, 0.05) is 6.04 Å². The molecular weight excluding hydrogens is 358 g/mol. The molecule has 0 heterocycles. The summed E-state index contributed by atoms with van der Waals surface area (Å²) in [7, 11) is 0. The minimum absolute atomic E-state index is 0. The van der Waals surface area contributed by atoms with Crippen molar-refractivity contribution in [1.82, 2.24) is 5.32 Å². The fourth-order valence-corrected chi connectivity index (χ4v) is 2.82. The molecule has 5 heteroatoms. The Balaban J connectivity index is 0. The van der Waals surface area contributed by atoms with Gasteiger partial charge in [0.2, 0.25) is 0 Å². The number of rotatable bonds is 14. The van der Waals surface area contributed by atoms with E-state index in [1.807, 2.05) is 0 Å². The molecule has 3 N–H and O–H groups in total. The monoisotopic (exact) mass is 394 g/mol. The Morgan fingerprint density at radius 1 is 0.840 bits per heavy atom. The summed E-state index contributed by atoms with van der Waals surface area (Å²) in [5.41, 5.74) is 7.12. The van der Waals surface area contributed by atoms with E-state index in [1.54, 1.807) is 12.1 Å². The van der Waals surface area contributed by atoms with E-state index < -0.39 is 0 Å². The molecule has 0 bridgehead atoms. The van der Waals surface area contributed by atoms with Crippen molar-refractivity contribution >= 4 is 24.8 Å². The van der Waals surface area contributed by atoms with Crippen LogP contribution in [0.5, 0.6) is 0 Å². The SMILES string of the molecule is CCCCCCCCCCCNCCC(N)c1ccc(F)cc1.Cl.Cl. The zero-order valence-corrected chi connectivity index (χ0v) is 17.3. The van der Waals surface area contributed by atoms with E-state index in [0.717, 1.165) is 25.1 Å². The summed E-state index contributed by atoms with van der Waals surface area (Å²) in [5, 5.41) is 3.46. The normalized spacial score (nSPS) is 11.5. The third kappa shape index (κ3) is 14.5. The summed E-state index contributed by atoms with van der Waals surface area (Å²) in [5.74, 6) is -0.204. The van der Waals surface area contributed by atoms with Crippen molar-refractivity contribution in [2.24, 2.45) is 5.73 Å². The smallest absolute Gasteiger partial charge is 0.123 e. The van der Waals surface area contributed by atoms with Gasteiger partial charge in [-0.15, -0.1) is 24.8 Å². The summed E-state index contributed by atoms with van der Waals surface area (Å²) in [6.07, 6.45) is 13.2. The highest BCUT2D eigenvalue weighted by Gasteiger charge is 2.05. The van der Waals surface area contributed by atoms with E-state index in [9.17, 15) is 4.39 Å². The lowest BCUT2D eigenvalue weighted by atomic mass is 10.0. The standard InChI is InChI=1S/C20H35FN2.2ClH/c1-2-3-4-5-6-7-8-9-10-16-23-17-15-20(22)18-11-13-19(21)14-12-18;;/h11-14,20,23H,2-10,15-17,22H2,1H3;2*1H. The van der Waals surface area contributed by atoms with Crippen LogP contribution in [0.4, 0.5) is 4.39 Å². The van der Waals surface area contributed by atoms with Gasteiger partial charge < -0.3 is 11.1 Å². The van der Waals surface area contributed by atoms with E-state index >= 15 is 0 Å². The molecule has 0 saturated carbocycles. The fraction of sp³-hybridized carbons (Fsp3) is 0.700. The van der Waals surface area contributed by atoms with Gasteiger partial charge in [0.05, 0.1) is 0 Å². The second-order valence-corrected chi connectivity index (χ2v) is 6.53. The van der Waals surface area contributed by atoms with Crippen molar-refractivity contribution in [3.05, 3.63) is 35.6 Å². The number of nitrogens with two attached hydrogens (primary N) is 1. The molecule has 1 aromatic rings. The topological polar surface area (TPSA) is 38.0 Å². The molecule has 1 aromatic carbocycles. The van der Waals surface area contributed by atoms with Crippen LogP contribution in [0.1, 0.15) is 82.7 Å². The summed E-state index contributed by atoms with van der Waals surface area (Å²) in [6, 6.07) is 6.50. The van der Waals surface area contributed by atoms with Crippen LogP contribution in [0.2, 0.25) is 0 Å². The van der Waals surface area contributed by atoms with Crippen molar-refractivity contribution in [2.75, 3.05) is 13.1 Å². The molecule has 0 aromatic heterocycles. The maximum absolute atomic E-state index is 12.9. The van der Waals surface area contributed by atoms with Gasteiger partial charge in [-0.3, -0.25) is 0 Å². The quantitative estimate of drug-likeness (QED) is 0.369. The molecule has 0 aliphatic carbocycles. The lowest BCUT2D eigenvalue weighted by Crippen LogP contribution is -2.22. The zero-order chi connectivity index (χ0) is 16.8. The van der Waals surface area contributed by atoms with Crippen molar-refractivity contribution < 1.29 is 4.39 Å². The Morgan fingerprint density at radius 2 is 1.36 bits per heavy atom. The number of benzene rings is 1. The molecule has 0 saturated heterocycles. The van der Waals surface area contributed by atoms with E-state index in [1.165, 1.54) is 69.9 Å². The third-order valence-corrected chi connectivity index (χ3v) is 4.39. The molecule has 0 aliphatic heterocycles. The van der Waals surface area contributed by atoms with Crippen LogP contribution in [0.15, 0.2) is 24.3 Å². The molecule has 148 valence electrons. The predicted octanol–water partition coefficient (Wildman–Crippen LogP) is 6.18. The molecule has 25 heavy (non-hydrogen) atoms. The average Bonchev–Trinajstić information content (AvgIpc) is 2.56. The molecule has 0 aliphatic rings. The second-order valence-electron chi connectivity index (χ2n) is 6.53. The molecular formula is C20H37Cl2FN2. The van der Waals surface area contributed by atoms with Crippen molar-refractivity contribution in [2.45, 2.75) is 77.2 Å². The summed E-state index contributed by atoms with van der Waals surface area (Å²) >= 11 is 0. The van der Waals surface area contributed by atoms with Gasteiger partial charge in [0.15, 0.2) is 0 Å². The molecule has 1 atom stereocenters. The van der Waals surface area contributed by atoms with Crippen LogP contribution in [-0.2, 0) is 0 Å². The number of nitrogens with one attached hydrogen (secondary N) is 1. The summed E-state index contributed by atoms with van der Waals surface area (Å²) < 4.78 is 12.9. The molecule has 2 nitrogen and oxygen atoms in total. The van der Waals surface area contributed by atoms with Crippen LogP contribution in [-0.4, -0.2) is 13.1 Å². The minimum Gasteiger partial charge on any atom is -0.324 e. The van der Waals surface area contributed by atoms with Crippen LogP contribution in [0.25, 0.3) is 0 Å². The number of hydrogen-bond acceptors (Lipinski definition) is 2. The fourth-order valence-electron chi connectivity index (χ4n) is 2.82. The number of hydrogen-bond donors (Lipinski definition) is 2. The highest BCUT2D eigenvalue weighted by atomic mass is 35.5. The van der Waals surface area contributed by atoms with Gasteiger partial charge in [-0.2, -0.15) is 0 Å². The van der Waals surface area contributed by atoms with Gasteiger partial charge in [0.1, 0.15) is 5.82 Å². The minimum atomic E-state index is -0.204. The first-order chi connectivity index (χ1) is 11.2. The van der Waals surface area contributed by atoms with Gasteiger partial charge in [-0.05, 0) is 43.6 Å². The highest BCUT2D eigenvalue weighted by Crippen LogP contribution is 2.14. The Kier molecular flexibility index (Phi) is 19.8. The van der Waals surface area contributed by atoms with E-state index in [-0.39, 0.29) is 36.7 Å².